The Morgan fingerprint density at radius 3 is 2.00 bits per heavy atom. The molecule has 0 aromatic heterocycles. The van der Waals surface area contributed by atoms with Gasteiger partial charge < -0.3 is 4.90 Å². The van der Waals surface area contributed by atoms with Gasteiger partial charge in [-0.1, -0.05) is 35.3 Å². The minimum Gasteiger partial charge on any atom is -0.340 e. The first-order valence-electron chi connectivity index (χ1n) is 9.81. The molecule has 0 radical (unpaired) electrons. The van der Waals surface area contributed by atoms with Crippen LogP contribution >= 0.6 is 23.2 Å². The van der Waals surface area contributed by atoms with Crippen molar-refractivity contribution >= 4 is 39.1 Å². The molecule has 0 bridgehead atoms. The number of hydrogen-bond donors (Lipinski definition) is 0. The van der Waals surface area contributed by atoms with E-state index in [0.29, 0.717) is 28.0 Å². The maximum atomic E-state index is 13.4. The topological polar surface area (TPSA) is 57.7 Å². The molecule has 5 nitrogen and oxygen atoms in total. The quantitative estimate of drug-likeness (QED) is 0.671. The average Bonchev–Trinajstić information content (AvgIpc) is 2.69. The summed E-state index contributed by atoms with van der Waals surface area (Å²) in [5.41, 5.74) is 4.29. The van der Waals surface area contributed by atoms with E-state index in [-0.39, 0.29) is 25.4 Å². The summed E-state index contributed by atoms with van der Waals surface area (Å²) in [4.78, 5) is 14.8. The fourth-order valence-electron chi connectivity index (χ4n) is 3.81. The summed E-state index contributed by atoms with van der Waals surface area (Å²) >= 11 is 12.0. The number of halogens is 2. The number of nitrogens with zero attached hydrogens (tertiary/aromatic N) is 2. The SMILES string of the molecule is Cc1cc(C)c(C)c(S(=O)(=O)N2CCN(C(=O)Cc3ccc(Cl)c(Cl)c3)CC2)c1C. The van der Waals surface area contributed by atoms with Gasteiger partial charge in [-0.3, -0.25) is 4.79 Å². The molecule has 0 aliphatic carbocycles. The molecule has 8 heteroatoms. The number of hydrogen-bond acceptors (Lipinski definition) is 3. The first-order valence-corrected chi connectivity index (χ1v) is 12.0. The van der Waals surface area contributed by atoms with E-state index in [1.807, 2.05) is 33.8 Å². The molecule has 1 aliphatic rings. The molecule has 2 aromatic rings. The molecule has 0 atom stereocenters. The molecule has 1 saturated heterocycles. The fraction of sp³-hybridized carbons (Fsp3) is 0.409. The second kappa shape index (κ2) is 8.87. The van der Waals surface area contributed by atoms with E-state index in [0.717, 1.165) is 27.8 Å². The fourth-order valence-corrected chi connectivity index (χ4v) is 6.13. The molecule has 162 valence electrons. The highest BCUT2D eigenvalue weighted by atomic mass is 35.5. The molecule has 30 heavy (non-hydrogen) atoms. The van der Waals surface area contributed by atoms with Crippen LogP contribution in [0.5, 0.6) is 0 Å². The van der Waals surface area contributed by atoms with Gasteiger partial charge in [-0.15, -0.1) is 0 Å². The van der Waals surface area contributed by atoms with Crippen LogP contribution in [0.3, 0.4) is 0 Å². The van der Waals surface area contributed by atoms with Gasteiger partial charge in [0.15, 0.2) is 0 Å². The predicted octanol–water partition coefficient (Wildman–Crippen LogP) is 4.30. The number of amides is 1. The number of carbonyl (C=O) groups is 1. The Morgan fingerprint density at radius 1 is 0.900 bits per heavy atom. The molecule has 0 saturated carbocycles. The highest BCUT2D eigenvalue weighted by Crippen LogP contribution is 2.29. The third-order valence-corrected chi connectivity index (χ3v) is 8.74. The van der Waals surface area contributed by atoms with Gasteiger partial charge in [0.1, 0.15) is 0 Å². The van der Waals surface area contributed by atoms with Crippen LogP contribution in [0.2, 0.25) is 10.0 Å². The van der Waals surface area contributed by atoms with Crippen molar-refractivity contribution < 1.29 is 13.2 Å². The van der Waals surface area contributed by atoms with Crippen LogP contribution in [-0.2, 0) is 21.2 Å². The van der Waals surface area contributed by atoms with E-state index in [4.69, 9.17) is 23.2 Å². The van der Waals surface area contributed by atoms with Crippen LogP contribution in [0.25, 0.3) is 0 Å². The first-order chi connectivity index (χ1) is 14.0. The van der Waals surface area contributed by atoms with E-state index in [2.05, 4.69) is 0 Å². The Balaban J connectivity index is 1.72. The third kappa shape index (κ3) is 4.52. The Kier molecular flexibility index (Phi) is 6.82. The van der Waals surface area contributed by atoms with Gasteiger partial charge in [0.05, 0.1) is 21.4 Å². The van der Waals surface area contributed by atoms with E-state index in [1.165, 1.54) is 4.31 Å². The van der Waals surface area contributed by atoms with E-state index in [9.17, 15) is 13.2 Å². The van der Waals surface area contributed by atoms with Crippen LogP contribution in [-0.4, -0.2) is 49.7 Å². The van der Waals surface area contributed by atoms with Gasteiger partial charge in [0, 0.05) is 26.2 Å². The Bertz CT molecular complexity index is 1070. The maximum absolute atomic E-state index is 13.4. The highest BCUT2D eigenvalue weighted by molar-refractivity contribution is 7.89. The summed E-state index contributed by atoms with van der Waals surface area (Å²) in [6, 6.07) is 7.15. The second-order valence-electron chi connectivity index (χ2n) is 7.80. The zero-order chi connectivity index (χ0) is 22.2. The lowest BCUT2D eigenvalue weighted by Crippen LogP contribution is -2.51. The lowest BCUT2D eigenvalue weighted by atomic mass is 10.0. The van der Waals surface area contributed by atoms with Gasteiger partial charge in [-0.05, 0) is 67.6 Å². The van der Waals surface area contributed by atoms with Gasteiger partial charge in [-0.2, -0.15) is 4.31 Å². The van der Waals surface area contributed by atoms with Gasteiger partial charge in [0.2, 0.25) is 15.9 Å². The summed E-state index contributed by atoms with van der Waals surface area (Å²) in [5.74, 6) is -0.0517. The van der Waals surface area contributed by atoms with Crippen molar-refractivity contribution in [2.45, 2.75) is 39.0 Å². The molecule has 3 rings (SSSR count). The Morgan fingerprint density at radius 2 is 1.47 bits per heavy atom. The van der Waals surface area contributed by atoms with Crippen molar-refractivity contribution in [3.05, 3.63) is 62.1 Å². The van der Waals surface area contributed by atoms with E-state index >= 15 is 0 Å². The standard InChI is InChI=1S/C22H26Cl2N2O3S/c1-14-11-15(2)17(4)22(16(14)3)30(28,29)26-9-7-25(8-10-26)21(27)13-18-5-6-19(23)20(24)12-18/h5-6,11-12H,7-10,13H2,1-4H3. The average molecular weight is 469 g/mol. The molecule has 0 spiro atoms. The summed E-state index contributed by atoms with van der Waals surface area (Å²) in [6.07, 6.45) is 0.207. The summed E-state index contributed by atoms with van der Waals surface area (Å²) in [7, 11) is -3.62. The highest BCUT2D eigenvalue weighted by Gasteiger charge is 2.32. The number of aryl methyl sites for hydroxylation is 2. The van der Waals surface area contributed by atoms with Gasteiger partial charge in [0.25, 0.3) is 0 Å². The van der Waals surface area contributed by atoms with Crippen LogP contribution in [0.1, 0.15) is 27.8 Å². The van der Waals surface area contributed by atoms with Gasteiger partial charge >= 0.3 is 0 Å². The molecule has 2 aromatic carbocycles. The first kappa shape index (κ1) is 23.1. The third-order valence-electron chi connectivity index (χ3n) is 5.83. The molecular weight excluding hydrogens is 443 g/mol. The molecule has 0 unspecified atom stereocenters. The molecule has 0 N–H and O–H groups in total. The van der Waals surface area contributed by atoms with Crippen LogP contribution < -0.4 is 0 Å². The number of piperazine rings is 1. The maximum Gasteiger partial charge on any atom is 0.243 e. The van der Waals surface area contributed by atoms with Crippen molar-refractivity contribution in [3.8, 4) is 0 Å². The van der Waals surface area contributed by atoms with Crippen LogP contribution in [0, 0.1) is 27.7 Å². The second-order valence-corrected chi connectivity index (χ2v) is 10.5. The number of rotatable bonds is 4. The molecule has 1 aliphatic heterocycles. The van der Waals surface area contributed by atoms with Crippen LogP contribution in [0.4, 0.5) is 0 Å². The van der Waals surface area contributed by atoms with Crippen molar-refractivity contribution in [2.75, 3.05) is 26.2 Å². The van der Waals surface area contributed by atoms with E-state index in [1.54, 1.807) is 23.1 Å². The minimum absolute atomic E-state index is 0.0517. The zero-order valence-electron chi connectivity index (χ0n) is 17.6. The van der Waals surface area contributed by atoms with E-state index < -0.39 is 10.0 Å². The number of benzene rings is 2. The summed E-state index contributed by atoms with van der Waals surface area (Å²) in [5, 5.41) is 0.862. The van der Waals surface area contributed by atoms with Gasteiger partial charge in [-0.25, -0.2) is 8.42 Å². The van der Waals surface area contributed by atoms with Crippen LogP contribution in [0.15, 0.2) is 29.2 Å². The van der Waals surface area contributed by atoms with Crippen molar-refractivity contribution in [1.82, 2.24) is 9.21 Å². The lowest BCUT2D eigenvalue weighted by Gasteiger charge is -2.35. The minimum atomic E-state index is -3.62. The zero-order valence-corrected chi connectivity index (χ0v) is 20.0. The summed E-state index contributed by atoms with van der Waals surface area (Å²) < 4.78 is 28.2. The Hall–Kier alpha value is -1.60. The molecular formula is C22H26Cl2N2O3S. The number of carbonyl (C=O) groups excluding carboxylic acids is 1. The molecule has 1 heterocycles. The van der Waals surface area contributed by atoms with Crippen molar-refractivity contribution in [3.63, 3.8) is 0 Å². The summed E-state index contributed by atoms with van der Waals surface area (Å²) in [6.45, 7) is 8.85. The van der Waals surface area contributed by atoms with Crippen molar-refractivity contribution in [2.24, 2.45) is 0 Å². The molecule has 1 amide bonds. The Labute approximate surface area is 188 Å². The lowest BCUT2D eigenvalue weighted by molar-refractivity contribution is -0.131. The normalized spacial score (nSPS) is 15.5. The largest absolute Gasteiger partial charge is 0.340 e. The van der Waals surface area contributed by atoms with Crippen molar-refractivity contribution in [1.29, 1.82) is 0 Å². The predicted molar refractivity (Wildman–Crippen MR) is 121 cm³/mol. The monoisotopic (exact) mass is 468 g/mol. The molecule has 1 fully saturated rings. The number of sulfonamides is 1. The smallest absolute Gasteiger partial charge is 0.243 e.